The number of allylic oxidation sites excluding steroid dienone is 2. The van der Waals surface area contributed by atoms with Gasteiger partial charge in [-0.1, -0.05) is 17.3 Å². The quantitative estimate of drug-likeness (QED) is 0.459. The van der Waals surface area contributed by atoms with Gasteiger partial charge in [-0.3, -0.25) is 14.9 Å². The van der Waals surface area contributed by atoms with Crippen LogP contribution in [0.15, 0.2) is 30.0 Å². The first-order valence-corrected chi connectivity index (χ1v) is 12.2. The van der Waals surface area contributed by atoms with Crippen molar-refractivity contribution in [2.24, 2.45) is 5.92 Å². The Labute approximate surface area is 214 Å². The lowest BCUT2D eigenvalue weighted by Gasteiger charge is -2.27. The van der Waals surface area contributed by atoms with Crippen LogP contribution in [-0.2, 0) is 14.3 Å². The Kier molecular flexibility index (Phi) is 6.95. The standard InChI is InChI=1S/C25H19F2N5O4S/c1-35-20-12-28-19(23(26)27)11-18(20)17-10-15(32-8-9-36-13-22(32)33)5-6-16(17)24(34)29-25-31-30-21(37-25)7-4-14-2-3-14/h5-6,10-11,14,23H,2-3,8-9,13H2,1H3/p+1. The van der Waals surface area contributed by atoms with Gasteiger partial charge < -0.3 is 14.4 Å². The summed E-state index contributed by atoms with van der Waals surface area (Å²) in [7, 11) is 1.35. The molecule has 188 valence electrons. The number of halogens is 2. The topological polar surface area (TPSA) is 108 Å². The van der Waals surface area contributed by atoms with Crippen LogP contribution in [0.5, 0.6) is 0 Å². The minimum absolute atomic E-state index is 0.0671. The number of morpholine rings is 1. The number of benzene rings is 1. The molecule has 1 aromatic carbocycles. The molecule has 2 aromatic rings. The second-order valence-corrected chi connectivity index (χ2v) is 9.26. The number of carbonyl (C=O) groups is 2. The van der Waals surface area contributed by atoms with Gasteiger partial charge in [-0.2, -0.15) is 8.78 Å². The van der Waals surface area contributed by atoms with Gasteiger partial charge in [-0.25, -0.2) is 0 Å². The number of hydrogen-bond donors (Lipinski definition) is 1. The first kappa shape index (κ1) is 24.6. The molecule has 3 heterocycles. The summed E-state index contributed by atoms with van der Waals surface area (Å²) in [4.78, 5) is 27.3. The Morgan fingerprint density at radius 1 is 1.38 bits per heavy atom. The van der Waals surface area contributed by atoms with Crippen LogP contribution in [0.2, 0.25) is 0 Å². The highest BCUT2D eigenvalue weighted by molar-refractivity contribution is 7.15. The fourth-order valence-corrected chi connectivity index (χ4v) is 4.28. The van der Waals surface area contributed by atoms with Crippen molar-refractivity contribution in [3.05, 3.63) is 46.2 Å². The fraction of sp³-hybridized carbons (Fsp3) is 0.320. The van der Waals surface area contributed by atoms with Crippen LogP contribution >= 0.6 is 11.3 Å². The Balaban J connectivity index is 1.52. The van der Waals surface area contributed by atoms with Gasteiger partial charge in [-0.05, 0) is 41.6 Å². The highest BCUT2D eigenvalue weighted by Gasteiger charge is 2.31. The van der Waals surface area contributed by atoms with E-state index >= 15 is 0 Å². The number of alkyl halides is 2. The summed E-state index contributed by atoms with van der Waals surface area (Å²) < 4.78 is 41.1. The maximum absolute atomic E-state index is 13.5. The van der Waals surface area contributed by atoms with E-state index in [1.165, 1.54) is 18.1 Å². The molecule has 9 nitrogen and oxygen atoms in total. The van der Waals surface area contributed by atoms with E-state index in [1.54, 1.807) is 12.1 Å². The molecule has 0 bridgehead atoms. The van der Waals surface area contributed by atoms with E-state index in [-0.39, 0.29) is 40.1 Å². The Hall–Kier alpha value is -4.13. The van der Waals surface area contributed by atoms with Gasteiger partial charge in [0.05, 0.1) is 13.7 Å². The molecule has 2 fully saturated rings. The third-order valence-electron chi connectivity index (χ3n) is 5.69. The van der Waals surface area contributed by atoms with Gasteiger partial charge in [0, 0.05) is 40.9 Å². The van der Waals surface area contributed by atoms with E-state index < -0.39 is 18.0 Å². The molecule has 1 aromatic heterocycles. The lowest BCUT2D eigenvalue weighted by molar-refractivity contribution is -0.125. The first-order chi connectivity index (χ1) is 17.9. The molecule has 0 unspecified atom stereocenters. The van der Waals surface area contributed by atoms with E-state index in [1.807, 2.05) is 0 Å². The van der Waals surface area contributed by atoms with Gasteiger partial charge in [0.25, 0.3) is 17.6 Å². The van der Waals surface area contributed by atoms with Crippen molar-refractivity contribution >= 4 is 51.1 Å². The zero-order valence-corrected chi connectivity index (χ0v) is 20.4. The van der Waals surface area contributed by atoms with Gasteiger partial charge in [0.15, 0.2) is 5.01 Å². The van der Waals surface area contributed by atoms with E-state index in [0.29, 0.717) is 29.8 Å². The molecule has 2 amide bonds. The highest BCUT2D eigenvalue weighted by Crippen LogP contribution is 2.32. The number of nitrogens with zero attached hydrogens (tertiary/aromatic N) is 4. The summed E-state index contributed by atoms with van der Waals surface area (Å²) in [6.45, 7) is 0.567. The van der Waals surface area contributed by atoms with E-state index in [4.69, 9.17) is 9.47 Å². The predicted octanol–water partition coefficient (Wildman–Crippen LogP) is 2.29. The molecule has 2 aliphatic heterocycles. The highest BCUT2D eigenvalue weighted by atomic mass is 32.1. The lowest BCUT2D eigenvalue weighted by atomic mass is 9.95. The van der Waals surface area contributed by atoms with Crippen LogP contribution in [0.1, 0.15) is 33.8 Å². The number of methoxy groups -OCH3 is 1. The first-order valence-electron chi connectivity index (χ1n) is 11.4. The number of hydrogen-bond acceptors (Lipinski definition) is 7. The minimum atomic E-state index is -2.86. The Morgan fingerprint density at radius 3 is 2.95 bits per heavy atom. The number of amides is 2. The fourth-order valence-electron chi connectivity index (χ4n) is 3.68. The number of aromatic nitrogens is 2. The largest absolute Gasteiger partial charge is 0.484 e. The van der Waals surface area contributed by atoms with Crippen LogP contribution in [0, 0.1) is 17.8 Å². The van der Waals surface area contributed by atoms with Crippen LogP contribution in [0.4, 0.5) is 19.6 Å². The van der Waals surface area contributed by atoms with E-state index in [9.17, 15) is 18.4 Å². The molecular formula is C25H20F2N5O4S+. The molecule has 1 aliphatic carbocycles. The average molecular weight is 525 g/mol. The Morgan fingerprint density at radius 2 is 2.22 bits per heavy atom. The van der Waals surface area contributed by atoms with Crippen LogP contribution in [-0.4, -0.2) is 66.9 Å². The summed E-state index contributed by atoms with van der Waals surface area (Å²) >= 11 is 1.13. The molecule has 3 aliphatic rings. The number of carbonyl (C=O) groups excluding carboxylic acids is 2. The number of ether oxygens (including phenoxy) is 2. The summed E-state index contributed by atoms with van der Waals surface area (Å²) in [5.41, 5.74) is 0.519. The maximum Gasteiger partial charge on any atom is 0.383 e. The van der Waals surface area contributed by atoms with Crippen molar-refractivity contribution in [2.45, 2.75) is 19.3 Å². The van der Waals surface area contributed by atoms with Crippen molar-refractivity contribution < 1.29 is 27.8 Å². The molecule has 5 rings (SSSR count). The number of rotatable bonds is 6. The minimum Gasteiger partial charge on any atom is -0.484 e. The van der Waals surface area contributed by atoms with Crippen LogP contribution < -0.4 is 14.9 Å². The monoisotopic (exact) mass is 524 g/mol. The molecule has 1 N–H and O–H groups in total. The van der Waals surface area contributed by atoms with Crippen LogP contribution in [0.3, 0.4) is 0 Å². The van der Waals surface area contributed by atoms with E-state index in [2.05, 4.69) is 37.9 Å². The van der Waals surface area contributed by atoms with Crippen molar-refractivity contribution in [2.75, 3.05) is 37.1 Å². The molecule has 37 heavy (non-hydrogen) atoms. The van der Waals surface area contributed by atoms with Gasteiger partial charge in [0.1, 0.15) is 6.61 Å². The van der Waals surface area contributed by atoms with Crippen molar-refractivity contribution in [1.29, 1.82) is 0 Å². The number of nitrogens with one attached hydrogen (secondary N) is 1. The van der Waals surface area contributed by atoms with Crippen LogP contribution in [0.25, 0.3) is 5.57 Å². The lowest BCUT2D eigenvalue weighted by Crippen LogP contribution is -2.41. The summed E-state index contributed by atoms with van der Waals surface area (Å²) in [5.74, 6) is 8.17. The number of anilines is 2. The summed E-state index contributed by atoms with van der Waals surface area (Å²) in [5, 5.41) is 11.4. The van der Waals surface area contributed by atoms with Gasteiger partial charge in [0.2, 0.25) is 5.13 Å². The Bertz CT molecular complexity index is 1470. The second-order valence-electron chi connectivity index (χ2n) is 8.28. The molecule has 12 heteroatoms. The van der Waals surface area contributed by atoms with Crippen molar-refractivity contribution in [3.8, 4) is 11.8 Å². The van der Waals surface area contributed by atoms with Gasteiger partial charge >= 0.3 is 18.0 Å². The van der Waals surface area contributed by atoms with Crippen molar-refractivity contribution in [3.63, 3.8) is 0 Å². The molecule has 0 atom stereocenters. The summed E-state index contributed by atoms with van der Waals surface area (Å²) in [6, 6.07) is 4.70. The smallest absolute Gasteiger partial charge is 0.383 e. The average Bonchev–Trinajstić information content (AvgIpc) is 3.64. The third-order valence-corrected chi connectivity index (χ3v) is 6.45. The van der Waals surface area contributed by atoms with E-state index in [0.717, 1.165) is 30.3 Å². The molecular weight excluding hydrogens is 504 g/mol. The van der Waals surface area contributed by atoms with Crippen molar-refractivity contribution in [1.82, 2.24) is 14.9 Å². The SMILES string of the molecule is COC1=C=[N+]=C(C(F)F)C=C1c1cc(N2CCOCC2=O)ccc1C(=O)Nc1nnc(C#CC2CC2)s1. The second kappa shape index (κ2) is 10.5. The van der Waals surface area contributed by atoms with Gasteiger partial charge in [-0.15, -0.1) is 10.2 Å². The maximum atomic E-state index is 13.5. The zero-order chi connectivity index (χ0) is 25.9. The molecule has 0 radical (unpaired) electrons. The molecule has 1 saturated heterocycles. The zero-order valence-electron chi connectivity index (χ0n) is 19.6. The third kappa shape index (κ3) is 5.50. The predicted molar refractivity (Wildman–Crippen MR) is 134 cm³/mol. The molecule has 0 spiro atoms. The molecule has 1 saturated carbocycles. The summed E-state index contributed by atoms with van der Waals surface area (Å²) in [6.07, 6.45) is 0.438. The normalized spacial score (nSPS) is 17.0.